The molecule has 1 fully saturated rings. The summed E-state index contributed by atoms with van der Waals surface area (Å²) < 4.78 is 7.89. The molecule has 1 amide bonds. The molecule has 0 radical (unpaired) electrons. The van der Waals surface area contributed by atoms with Crippen molar-refractivity contribution in [2.24, 2.45) is 0 Å². The molecule has 1 N–H and O–H groups in total. The molecule has 6 nitrogen and oxygen atoms in total. The van der Waals surface area contributed by atoms with Gasteiger partial charge in [-0.1, -0.05) is 29.8 Å². The third-order valence-corrected chi connectivity index (χ3v) is 6.46. The van der Waals surface area contributed by atoms with Crippen molar-refractivity contribution in [2.75, 3.05) is 19.7 Å². The summed E-state index contributed by atoms with van der Waals surface area (Å²) in [5.41, 5.74) is 3.67. The number of aliphatic hydroxyl groups excluding tert-OH is 1. The van der Waals surface area contributed by atoms with E-state index in [9.17, 15) is 9.90 Å². The molecule has 2 heterocycles. The number of halogens is 1. The molecule has 32 heavy (non-hydrogen) atoms. The van der Waals surface area contributed by atoms with Gasteiger partial charge in [-0.2, -0.15) is 0 Å². The minimum atomic E-state index is -0.746. The van der Waals surface area contributed by atoms with Crippen LogP contribution in [0.2, 0.25) is 5.02 Å². The van der Waals surface area contributed by atoms with Gasteiger partial charge in [-0.05, 0) is 49.2 Å². The van der Waals surface area contributed by atoms with Gasteiger partial charge in [0.2, 0.25) is 5.91 Å². The summed E-state index contributed by atoms with van der Waals surface area (Å²) in [6.45, 7) is 9.20. The SMILES string of the molecule is C=CCN1CC(c2nc3ccccc3n2CC(O)COc2cc(C)c(Cl)c(C)c2)CC1=O. The fourth-order valence-corrected chi connectivity index (χ4v) is 4.43. The first-order valence-corrected chi connectivity index (χ1v) is 11.2. The van der Waals surface area contributed by atoms with Crippen LogP contribution in [0.1, 0.15) is 29.3 Å². The lowest BCUT2D eigenvalue weighted by Gasteiger charge is -2.19. The van der Waals surface area contributed by atoms with E-state index in [1.54, 1.807) is 11.0 Å². The Morgan fingerprint density at radius 3 is 2.75 bits per heavy atom. The molecule has 0 spiro atoms. The topological polar surface area (TPSA) is 67.6 Å². The minimum Gasteiger partial charge on any atom is -0.491 e. The van der Waals surface area contributed by atoms with Gasteiger partial charge >= 0.3 is 0 Å². The molecular weight excluding hydrogens is 426 g/mol. The smallest absolute Gasteiger partial charge is 0.223 e. The second-order valence-electron chi connectivity index (χ2n) is 8.39. The number of carbonyl (C=O) groups excluding carboxylic acids is 1. The molecule has 2 unspecified atom stereocenters. The number of nitrogens with zero attached hydrogens (tertiary/aromatic N) is 3. The Hall–Kier alpha value is -2.83. The molecule has 2 atom stereocenters. The summed E-state index contributed by atoms with van der Waals surface area (Å²) in [5.74, 6) is 1.58. The lowest BCUT2D eigenvalue weighted by atomic mass is 10.1. The number of carbonyl (C=O) groups is 1. The zero-order chi connectivity index (χ0) is 22.8. The molecule has 0 bridgehead atoms. The normalized spacial score (nSPS) is 17.2. The number of fused-ring (bicyclic) bond motifs is 1. The van der Waals surface area contributed by atoms with Gasteiger partial charge in [0.25, 0.3) is 0 Å². The second kappa shape index (κ2) is 9.35. The van der Waals surface area contributed by atoms with E-state index in [1.165, 1.54) is 0 Å². The number of likely N-dealkylation sites (tertiary alicyclic amines) is 1. The number of hydrogen-bond donors (Lipinski definition) is 1. The van der Waals surface area contributed by atoms with Gasteiger partial charge in [-0.15, -0.1) is 6.58 Å². The number of hydrogen-bond acceptors (Lipinski definition) is 4. The van der Waals surface area contributed by atoms with E-state index in [4.69, 9.17) is 21.3 Å². The van der Waals surface area contributed by atoms with Crippen molar-refractivity contribution in [1.29, 1.82) is 0 Å². The highest BCUT2D eigenvalue weighted by Gasteiger charge is 2.33. The second-order valence-corrected chi connectivity index (χ2v) is 8.77. The summed E-state index contributed by atoms with van der Waals surface area (Å²) in [6.07, 6.45) is 1.40. The van der Waals surface area contributed by atoms with E-state index in [-0.39, 0.29) is 18.4 Å². The molecule has 1 aliphatic heterocycles. The number of ether oxygens (including phenoxy) is 1. The van der Waals surface area contributed by atoms with Gasteiger partial charge in [0.05, 0.1) is 17.6 Å². The fraction of sp³-hybridized carbons (Fsp3) is 0.360. The maximum absolute atomic E-state index is 12.4. The van der Waals surface area contributed by atoms with Crippen molar-refractivity contribution >= 4 is 28.5 Å². The number of para-hydroxylation sites is 2. The van der Waals surface area contributed by atoms with Crippen LogP contribution in [0.5, 0.6) is 5.75 Å². The number of amides is 1. The van der Waals surface area contributed by atoms with E-state index in [1.807, 2.05) is 54.8 Å². The van der Waals surface area contributed by atoms with Gasteiger partial charge in [0.15, 0.2) is 0 Å². The van der Waals surface area contributed by atoms with E-state index in [2.05, 4.69) is 6.58 Å². The quantitative estimate of drug-likeness (QED) is 0.518. The highest BCUT2D eigenvalue weighted by atomic mass is 35.5. The van der Waals surface area contributed by atoms with E-state index >= 15 is 0 Å². The van der Waals surface area contributed by atoms with Crippen molar-refractivity contribution in [2.45, 2.75) is 38.8 Å². The summed E-state index contributed by atoms with van der Waals surface area (Å²) in [7, 11) is 0. The van der Waals surface area contributed by atoms with Gasteiger partial charge < -0.3 is 19.3 Å². The summed E-state index contributed by atoms with van der Waals surface area (Å²) in [4.78, 5) is 19.0. The molecule has 2 aromatic carbocycles. The lowest BCUT2D eigenvalue weighted by Crippen LogP contribution is -2.26. The molecule has 3 aromatic rings. The predicted octanol–water partition coefficient (Wildman–Crippen LogP) is 4.25. The summed E-state index contributed by atoms with van der Waals surface area (Å²) >= 11 is 6.23. The molecule has 1 saturated heterocycles. The minimum absolute atomic E-state index is 0.0236. The molecule has 168 valence electrons. The maximum atomic E-state index is 12.4. The van der Waals surface area contributed by atoms with Crippen LogP contribution in [-0.4, -0.2) is 51.3 Å². The zero-order valence-corrected chi connectivity index (χ0v) is 19.2. The summed E-state index contributed by atoms with van der Waals surface area (Å²) in [6, 6.07) is 11.6. The average molecular weight is 454 g/mol. The maximum Gasteiger partial charge on any atom is 0.223 e. The molecule has 1 aromatic heterocycles. The third-order valence-electron chi connectivity index (χ3n) is 5.86. The van der Waals surface area contributed by atoms with Crippen LogP contribution in [0.25, 0.3) is 11.0 Å². The molecule has 4 rings (SSSR count). The van der Waals surface area contributed by atoms with E-state index < -0.39 is 6.10 Å². The molecule has 1 aliphatic rings. The molecule has 0 aliphatic carbocycles. The number of benzene rings is 2. The Morgan fingerprint density at radius 1 is 1.31 bits per heavy atom. The third kappa shape index (κ3) is 4.52. The lowest BCUT2D eigenvalue weighted by molar-refractivity contribution is -0.127. The van der Waals surface area contributed by atoms with Crippen LogP contribution in [-0.2, 0) is 11.3 Å². The van der Waals surface area contributed by atoms with Gasteiger partial charge in [0, 0.05) is 30.5 Å². The van der Waals surface area contributed by atoms with Crippen molar-refractivity contribution in [3.05, 3.63) is 71.0 Å². The first-order valence-electron chi connectivity index (χ1n) is 10.8. The largest absolute Gasteiger partial charge is 0.491 e. The van der Waals surface area contributed by atoms with Gasteiger partial charge in [-0.3, -0.25) is 4.79 Å². The van der Waals surface area contributed by atoms with Crippen molar-refractivity contribution in [3.63, 3.8) is 0 Å². The molecule has 0 saturated carbocycles. The number of aromatic nitrogens is 2. The van der Waals surface area contributed by atoms with Crippen molar-refractivity contribution < 1.29 is 14.6 Å². The molecule has 7 heteroatoms. The number of aryl methyl sites for hydroxylation is 2. The predicted molar refractivity (Wildman–Crippen MR) is 126 cm³/mol. The average Bonchev–Trinajstić information content (AvgIpc) is 3.31. The van der Waals surface area contributed by atoms with Crippen LogP contribution in [0.4, 0.5) is 0 Å². The monoisotopic (exact) mass is 453 g/mol. The van der Waals surface area contributed by atoms with Gasteiger partial charge in [0.1, 0.15) is 24.3 Å². The number of aliphatic hydroxyl groups is 1. The highest BCUT2D eigenvalue weighted by Crippen LogP contribution is 2.31. The van der Waals surface area contributed by atoms with Crippen LogP contribution < -0.4 is 4.74 Å². The summed E-state index contributed by atoms with van der Waals surface area (Å²) in [5, 5.41) is 11.5. The number of imidazole rings is 1. The van der Waals surface area contributed by atoms with Gasteiger partial charge in [-0.25, -0.2) is 4.98 Å². The zero-order valence-electron chi connectivity index (χ0n) is 18.4. The molecular formula is C25H28ClN3O3. The Kier molecular flexibility index (Phi) is 6.53. The standard InChI is InChI=1S/C25H28ClN3O3/c1-4-9-28-13-18(12-23(28)31)25-27-21-7-5-6-8-22(21)29(25)14-19(30)15-32-20-10-16(2)24(26)17(3)11-20/h4-8,10-11,18-19,30H,1,9,12-15H2,2-3H3. The van der Waals surface area contributed by atoms with Crippen LogP contribution >= 0.6 is 11.6 Å². The van der Waals surface area contributed by atoms with Crippen LogP contribution in [0, 0.1) is 13.8 Å². The van der Waals surface area contributed by atoms with E-state index in [0.29, 0.717) is 31.8 Å². The highest BCUT2D eigenvalue weighted by molar-refractivity contribution is 6.32. The first-order chi connectivity index (χ1) is 15.4. The van der Waals surface area contributed by atoms with Crippen molar-refractivity contribution in [3.8, 4) is 5.75 Å². The van der Waals surface area contributed by atoms with E-state index in [0.717, 1.165) is 33.0 Å². The number of rotatable bonds is 8. The Labute approximate surface area is 193 Å². The van der Waals surface area contributed by atoms with Crippen molar-refractivity contribution in [1.82, 2.24) is 14.5 Å². The first kappa shape index (κ1) is 22.4. The fourth-order valence-electron chi connectivity index (χ4n) is 4.32. The Bertz CT molecular complexity index is 1130. The Morgan fingerprint density at radius 2 is 2.03 bits per heavy atom. The van der Waals surface area contributed by atoms with Crippen LogP contribution in [0.3, 0.4) is 0 Å². The Balaban J connectivity index is 1.54. The van der Waals surface area contributed by atoms with Crippen LogP contribution in [0.15, 0.2) is 49.1 Å².